The van der Waals surface area contributed by atoms with Crippen molar-refractivity contribution in [3.8, 4) is 16.2 Å². The van der Waals surface area contributed by atoms with Crippen molar-refractivity contribution in [3.63, 3.8) is 0 Å². The third kappa shape index (κ3) is 1.35. The van der Waals surface area contributed by atoms with E-state index in [1.807, 2.05) is 23.6 Å². The summed E-state index contributed by atoms with van der Waals surface area (Å²) < 4.78 is 1.16. The van der Waals surface area contributed by atoms with Crippen LogP contribution in [-0.2, 0) is 0 Å². The summed E-state index contributed by atoms with van der Waals surface area (Å²) in [5.41, 5.74) is 1.22. The first kappa shape index (κ1) is 8.95. The van der Waals surface area contributed by atoms with Gasteiger partial charge in [0.1, 0.15) is 5.75 Å². The van der Waals surface area contributed by atoms with E-state index in [2.05, 4.69) is 11.4 Å². The molecule has 3 heteroatoms. The lowest BCUT2D eigenvalue weighted by atomic mass is 10.1. The second kappa shape index (κ2) is 3.36. The van der Waals surface area contributed by atoms with Gasteiger partial charge in [0.2, 0.25) is 0 Å². The molecule has 2 aromatic heterocycles. The molecule has 3 rings (SSSR count). The Labute approximate surface area is 95.2 Å². The van der Waals surface area contributed by atoms with Crippen LogP contribution in [0.15, 0.2) is 41.1 Å². The van der Waals surface area contributed by atoms with Gasteiger partial charge in [0, 0.05) is 20.5 Å². The number of rotatable bonds is 1. The van der Waals surface area contributed by atoms with Gasteiger partial charge in [-0.15, -0.1) is 22.7 Å². The van der Waals surface area contributed by atoms with Crippen molar-refractivity contribution < 1.29 is 5.11 Å². The van der Waals surface area contributed by atoms with Crippen LogP contribution in [0.2, 0.25) is 0 Å². The van der Waals surface area contributed by atoms with Gasteiger partial charge in [-0.25, -0.2) is 0 Å². The average molecular weight is 232 g/mol. The Hall–Kier alpha value is -1.32. The molecule has 1 nitrogen and oxygen atoms in total. The van der Waals surface area contributed by atoms with Crippen molar-refractivity contribution in [2.24, 2.45) is 0 Å². The molecule has 3 aromatic rings. The highest BCUT2D eigenvalue weighted by atomic mass is 32.1. The van der Waals surface area contributed by atoms with Crippen molar-refractivity contribution in [1.82, 2.24) is 0 Å². The maximum absolute atomic E-state index is 9.69. The van der Waals surface area contributed by atoms with E-state index in [1.165, 1.54) is 10.4 Å². The van der Waals surface area contributed by atoms with Crippen LogP contribution in [0.4, 0.5) is 0 Å². The summed E-state index contributed by atoms with van der Waals surface area (Å²) in [7, 11) is 0. The van der Waals surface area contributed by atoms with Crippen LogP contribution in [0, 0.1) is 0 Å². The fourth-order valence-corrected chi connectivity index (χ4v) is 3.44. The van der Waals surface area contributed by atoms with E-state index in [4.69, 9.17) is 0 Å². The molecular formula is C12H8OS2. The Balaban J connectivity index is 2.37. The third-order valence-corrected chi connectivity index (χ3v) is 4.23. The number of thiophene rings is 2. The lowest BCUT2D eigenvalue weighted by Gasteiger charge is -2.01. The zero-order valence-electron chi connectivity index (χ0n) is 7.81. The van der Waals surface area contributed by atoms with Gasteiger partial charge >= 0.3 is 0 Å². The van der Waals surface area contributed by atoms with Gasteiger partial charge in [0.05, 0.1) is 0 Å². The van der Waals surface area contributed by atoms with Crippen molar-refractivity contribution in [1.29, 1.82) is 0 Å². The smallest absolute Gasteiger partial charge is 0.124 e. The molecule has 0 aliphatic heterocycles. The summed E-state index contributed by atoms with van der Waals surface area (Å²) in [5.74, 6) is 0.367. The normalized spacial score (nSPS) is 10.9. The Morgan fingerprint density at radius 3 is 2.67 bits per heavy atom. The number of hydrogen-bond acceptors (Lipinski definition) is 3. The largest absolute Gasteiger partial charge is 0.507 e. The minimum absolute atomic E-state index is 0.367. The van der Waals surface area contributed by atoms with Crippen molar-refractivity contribution >= 4 is 32.8 Å². The summed E-state index contributed by atoms with van der Waals surface area (Å²) in [5, 5.41) is 14.7. The molecule has 1 aromatic carbocycles. The number of phenolic OH excluding ortho intramolecular Hbond substituents is 1. The van der Waals surface area contributed by atoms with E-state index >= 15 is 0 Å². The minimum Gasteiger partial charge on any atom is -0.507 e. The summed E-state index contributed by atoms with van der Waals surface area (Å²) >= 11 is 3.40. The second-order valence-electron chi connectivity index (χ2n) is 3.27. The SMILES string of the molecule is Oc1ccc(-c2cccs2)c2sccc12. The van der Waals surface area contributed by atoms with E-state index in [1.54, 1.807) is 28.7 Å². The molecule has 0 aliphatic rings. The molecule has 15 heavy (non-hydrogen) atoms. The molecule has 1 N–H and O–H groups in total. The first-order chi connectivity index (χ1) is 7.36. The molecule has 0 fully saturated rings. The van der Waals surface area contributed by atoms with Crippen LogP contribution < -0.4 is 0 Å². The predicted octanol–water partition coefficient (Wildman–Crippen LogP) is 4.34. The molecule has 0 amide bonds. The first-order valence-corrected chi connectivity index (χ1v) is 6.35. The standard InChI is InChI=1S/C12H8OS2/c13-10-4-3-9(11-2-1-6-14-11)12-8(10)5-7-15-12/h1-7,13H. The predicted molar refractivity (Wildman–Crippen MR) is 66.8 cm³/mol. The topological polar surface area (TPSA) is 20.2 Å². The Kier molecular flexibility index (Phi) is 2.01. The van der Waals surface area contributed by atoms with Crippen LogP contribution in [-0.4, -0.2) is 5.11 Å². The van der Waals surface area contributed by atoms with Crippen molar-refractivity contribution in [2.45, 2.75) is 0 Å². The molecule has 74 valence electrons. The number of hydrogen-bond donors (Lipinski definition) is 1. The van der Waals surface area contributed by atoms with Crippen LogP contribution in [0.25, 0.3) is 20.5 Å². The molecule has 0 aliphatic carbocycles. The van der Waals surface area contributed by atoms with E-state index in [0.717, 1.165) is 10.1 Å². The lowest BCUT2D eigenvalue weighted by Crippen LogP contribution is -1.73. The Morgan fingerprint density at radius 1 is 0.933 bits per heavy atom. The highest BCUT2D eigenvalue weighted by Gasteiger charge is 2.08. The highest BCUT2D eigenvalue weighted by Crippen LogP contribution is 2.38. The minimum atomic E-state index is 0.367. The van der Waals surface area contributed by atoms with E-state index in [-0.39, 0.29) is 0 Å². The van der Waals surface area contributed by atoms with Gasteiger partial charge in [-0.05, 0) is 35.0 Å². The van der Waals surface area contributed by atoms with Crippen molar-refractivity contribution in [3.05, 3.63) is 41.1 Å². The number of aromatic hydroxyl groups is 1. The van der Waals surface area contributed by atoms with Crippen LogP contribution in [0.1, 0.15) is 0 Å². The van der Waals surface area contributed by atoms with E-state index in [9.17, 15) is 5.11 Å². The maximum atomic E-state index is 9.69. The lowest BCUT2D eigenvalue weighted by molar-refractivity contribution is 0.482. The van der Waals surface area contributed by atoms with Crippen LogP contribution >= 0.6 is 22.7 Å². The molecular weight excluding hydrogens is 224 g/mol. The molecule has 0 radical (unpaired) electrons. The third-order valence-electron chi connectivity index (χ3n) is 2.38. The molecule has 0 saturated carbocycles. The summed E-state index contributed by atoms with van der Waals surface area (Å²) in [6, 6.07) is 9.87. The second-order valence-corrected chi connectivity index (χ2v) is 5.14. The molecule has 0 atom stereocenters. The molecule has 0 unspecified atom stereocenters. The summed E-state index contributed by atoms with van der Waals surface area (Å²) in [4.78, 5) is 1.25. The molecule has 0 spiro atoms. The number of benzene rings is 1. The number of fused-ring (bicyclic) bond motifs is 1. The summed E-state index contributed by atoms with van der Waals surface area (Å²) in [6.45, 7) is 0. The first-order valence-electron chi connectivity index (χ1n) is 4.59. The zero-order valence-corrected chi connectivity index (χ0v) is 9.44. The van der Waals surface area contributed by atoms with Gasteiger partial charge in [-0.2, -0.15) is 0 Å². The molecule has 0 saturated heterocycles. The van der Waals surface area contributed by atoms with Gasteiger partial charge in [-0.1, -0.05) is 6.07 Å². The van der Waals surface area contributed by atoms with Crippen molar-refractivity contribution in [2.75, 3.05) is 0 Å². The molecule has 0 bridgehead atoms. The van der Waals surface area contributed by atoms with E-state index in [0.29, 0.717) is 5.75 Å². The fraction of sp³-hybridized carbons (Fsp3) is 0. The Morgan fingerprint density at radius 2 is 1.87 bits per heavy atom. The average Bonchev–Trinajstić information content (AvgIpc) is 2.88. The monoisotopic (exact) mass is 232 g/mol. The van der Waals surface area contributed by atoms with Gasteiger partial charge in [-0.3, -0.25) is 0 Å². The zero-order chi connectivity index (χ0) is 10.3. The van der Waals surface area contributed by atoms with Crippen LogP contribution in [0.3, 0.4) is 0 Å². The Bertz CT molecular complexity index is 593. The van der Waals surface area contributed by atoms with Gasteiger partial charge < -0.3 is 5.11 Å². The van der Waals surface area contributed by atoms with E-state index < -0.39 is 0 Å². The maximum Gasteiger partial charge on any atom is 0.124 e. The fourth-order valence-electron chi connectivity index (χ4n) is 1.67. The number of phenols is 1. The van der Waals surface area contributed by atoms with Gasteiger partial charge in [0.15, 0.2) is 0 Å². The quantitative estimate of drug-likeness (QED) is 0.662. The van der Waals surface area contributed by atoms with Gasteiger partial charge in [0.25, 0.3) is 0 Å². The highest BCUT2D eigenvalue weighted by molar-refractivity contribution is 7.19. The van der Waals surface area contributed by atoms with Crippen LogP contribution in [0.5, 0.6) is 5.75 Å². The molecule has 2 heterocycles. The summed E-state index contributed by atoms with van der Waals surface area (Å²) in [6.07, 6.45) is 0.